The third-order valence-electron chi connectivity index (χ3n) is 10.9. The average molecular weight is 888 g/mol. The van der Waals surface area contributed by atoms with E-state index in [1.807, 2.05) is 0 Å². The minimum atomic E-state index is -3.08. The van der Waals surface area contributed by atoms with Gasteiger partial charge in [0.2, 0.25) is 12.1 Å². The number of rotatable bonds is 14. The van der Waals surface area contributed by atoms with E-state index in [1.54, 1.807) is 27.8 Å². The Hall–Kier alpha value is -3.23. The largest absolute Gasteiger partial charge is 0.478 e. The van der Waals surface area contributed by atoms with E-state index >= 15 is 0 Å². The summed E-state index contributed by atoms with van der Waals surface area (Å²) >= 11 is 0. The second-order valence-electron chi connectivity index (χ2n) is 14.8. The van der Waals surface area contributed by atoms with Crippen molar-refractivity contribution < 1.29 is 74.1 Å². The van der Waals surface area contributed by atoms with Crippen molar-refractivity contribution in [2.45, 2.75) is 80.7 Å². The standard InChI is InChI=1S/C38H57N5O15S2/c1-3-23-24-9-8-20-12-43(13-25(33(49)50)30(20)42-37(39)41-10-5-11-44)22(14-45)19-60-59-18-21-6-4-7-27(21)55-34(51)26(24)17-54-35(23)58-36-32(57-29(16-47)40-2)38(52,53)31(48)28(15-46)56-36/h3,8-9,13,17,21-24,27-29,31-32,35-36,40,44-48,52-53H,1,4-7,10-12,14-16,18-19H2,2H3,(H,49,50)(H3,39,41,42)/b9-8+/t21-,22+,23+,24-,27-,28+,29+,31+,32-,35-,36-/m0/s1. The number of carboxylic acids is 1. The van der Waals surface area contributed by atoms with Crippen molar-refractivity contribution in [2.75, 3.05) is 58.1 Å². The Morgan fingerprint density at radius 2 is 1.95 bits per heavy atom. The number of hydrogen-bond acceptors (Lipinski definition) is 19. The molecule has 2 bridgehead atoms. The van der Waals surface area contributed by atoms with Crippen LogP contribution in [0.1, 0.15) is 25.7 Å². The van der Waals surface area contributed by atoms with Crippen LogP contribution in [-0.4, -0.2) is 177 Å². The van der Waals surface area contributed by atoms with Crippen LogP contribution in [0.4, 0.5) is 0 Å². The molecule has 22 heteroatoms. The lowest BCUT2D eigenvalue weighted by atomic mass is 9.83. The number of likely N-dealkylation sites (N-methyl/N-ethyl adjacent to an activating group) is 1. The van der Waals surface area contributed by atoms with Gasteiger partial charge in [-0.25, -0.2) is 9.59 Å². The molecule has 5 aliphatic rings. The molecule has 5 rings (SSSR count). The summed E-state index contributed by atoms with van der Waals surface area (Å²) in [6.07, 6.45) is -0.394. The monoisotopic (exact) mass is 887 g/mol. The van der Waals surface area contributed by atoms with Gasteiger partial charge >= 0.3 is 11.9 Å². The van der Waals surface area contributed by atoms with E-state index in [-0.39, 0.29) is 55.0 Å². The summed E-state index contributed by atoms with van der Waals surface area (Å²) in [6.45, 7) is 2.32. The molecule has 336 valence electrons. The molecule has 0 spiro atoms. The van der Waals surface area contributed by atoms with Crippen molar-refractivity contribution in [3.05, 3.63) is 59.7 Å². The third kappa shape index (κ3) is 11.2. The van der Waals surface area contributed by atoms with Crippen LogP contribution in [0.5, 0.6) is 0 Å². The Bertz CT molecular complexity index is 1660. The second kappa shape index (κ2) is 22.2. The highest BCUT2D eigenvalue weighted by molar-refractivity contribution is 8.76. The van der Waals surface area contributed by atoms with Crippen LogP contribution in [0.25, 0.3) is 0 Å². The molecule has 0 unspecified atom stereocenters. The van der Waals surface area contributed by atoms with Gasteiger partial charge in [-0.05, 0) is 38.3 Å². The first-order chi connectivity index (χ1) is 28.8. The zero-order valence-electron chi connectivity index (χ0n) is 33.2. The van der Waals surface area contributed by atoms with Gasteiger partial charge in [-0.15, -0.1) is 6.58 Å². The first-order valence-electron chi connectivity index (χ1n) is 19.6. The number of carboxylic acid groups (broad SMARTS) is 1. The number of aliphatic imine (C=N–C) groups is 1. The number of aliphatic carboxylic acids is 1. The Kier molecular flexibility index (Phi) is 17.7. The Morgan fingerprint density at radius 1 is 1.18 bits per heavy atom. The van der Waals surface area contributed by atoms with Crippen LogP contribution in [0.15, 0.2) is 64.7 Å². The summed E-state index contributed by atoms with van der Waals surface area (Å²) in [4.78, 5) is 32.9. The molecule has 60 heavy (non-hydrogen) atoms. The van der Waals surface area contributed by atoms with Crippen LogP contribution >= 0.6 is 21.6 Å². The summed E-state index contributed by atoms with van der Waals surface area (Å²) in [6, 6.07) is -0.495. The molecular formula is C38H57N5O15S2. The maximum atomic E-state index is 14.2. The van der Waals surface area contributed by atoms with E-state index in [9.17, 15) is 50.4 Å². The number of esters is 1. The van der Waals surface area contributed by atoms with Gasteiger partial charge in [-0.1, -0.05) is 39.8 Å². The predicted molar refractivity (Wildman–Crippen MR) is 218 cm³/mol. The summed E-state index contributed by atoms with van der Waals surface area (Å²) < 4.78 is 29.8. The molecule has 0 amide bonds. The van der Waals surface area contributed by atoms with Gasteiger partial charge in [0.15, 0.2) is 18.4 Å². The zero-order valence-corrected chi connectivity index (χ0v) is 34.8. The van der Waals surface area contributed by atoms with E-state index in [0.717, 1.165) is 19.1 Å². The van der Waals surface area contributed by atoms with E-state index in [0.29, 0.717) is 29.9 Å². The van der Waals surface area contributed by atoms with Gasteiger partial charge in [0.1, 0.15) is 24.5 Å². The summed E-state index contributed by atoms with van der Waals surface area (Å²) in [5.41, 5.74) is 6.53. The first-order valence-corrected chi connectivity index (χ1v) is 22.1. The van der Waals surface area contributed by atoms with Crippen LogP contribution < -0.4 is 16.4 Å². The molecule has 11 atom stereocenters. The van der Waals surface area contributed by atoms with Crippen molar-refractivity contribution in [2.24, 2.45) is 28.5 Å². The normalized spacial score (nSPS) is 33.6. The summed E-state index contributed by atoms with van der Waals surface area (Å²) in [5, 5.41) is 88.4. The smallest absolute Gasteiger partial charge is 0.339 e. The molecule has 0 radical (unpaired) electrons. The third-order valence-corrected chi connectivity index (χ3v) is 13.5. The van der Waals surface area contributed by atoms with Crippen molar-refractivity contribution in [1.82, 2.24) is 15.5 Å². The van der Waals surface area contributed by atoms with Gasteiger partial charge < -0.3 is 80.5 Å². The Labute approximate surface area is 355 Å². The molecule has 2 fully saturated rings. The number of carbonyl (C=O) groups is 2. The number of aliphatic hydroxyl groups excluding tert-OH is 5. The molecule has 0 aromatic rings. The molecule has 0 aromatic carbocycles. The number of ether oxygens (including phenoxy) is 5. The lowest BCUT2D eigenvalue weighted by molar-refractivity contribution is -0.416. The van der Waals surface area contributed by atoms with Crippen LogP contribution in [0.2, 0.25) is 0 Å². The van der Waals surface area contributed by atoms with Crippen molar-refractivity contribution >= 4 is 39.5 Å². The molecule has 20 nitrogen and oxygen atoms in total. The minimum Gasteiger partial charge on any atom is -0.478 e. The molecule has 0 aromatic heterocycles. The maximum absolute atomic E-state index is 14.2. The van der Waals surface area contributed by atoms with Gasteiger partial charge in [0, 0.05) is 49.2 Å². The topological polar surface area (TPSA) is 308 Å². The lowest BCUT2D eigenvalue weighted by Gasteiger charge is -2.48. The van der Waals surface area contributed by atoms with E-state index < -0.39 is 92.0 Å². The summed E-state index contributed by atoms with van der Waals surface area (Å²) in [7, 11) is 4.54. The quantitative estimate of drug-likeness (QED) is 0.0174. The predicted octanol–water partition coefficient (Wildman–Crippen LogP) is -1.81. The van der Waals surface area contributed by atoms with E-state index in [1.165, 1.54) is 30.1 Å². The number of aliphatic hydroxyl groups is 7. The van der Waals surface area contributed by atoms with E-state index in [4.69, 9.17) is 29.4 Å². The van der Waals surface area contributed by atoms with Crippen LogP contribution in [-0.2, 0) is 33.3 Å². The second-order valence-corrected chi connectivity index (χ2v) is 17.4. The number of carbonyl (C=O) groups excluding carboxylic acids is 1. The highest BCUT2D eigenvalue weighted by Gasteiger charge is 2.58. The van der Waals surface area contributed by atoms with Gasteiger partial charge in [-0.2, -0.15) is 0 Å². The molecule has 1 saturated carbocycles. The fraction of sp³-hybridized carbons (Fsp3) is 0.658. The maximum Gasteiger partial charge on any atom is 0.339 e. The van der Waals surface area contributed by atoms with Crippen molar-refractivity contribution in [3.63, 3.8) is 0 Å². The zero-order chi connectivity index (χ0) is 43.6. The van der Waals surface area contributed by atoms with Crippen molar-refractivity contribution in [3.8, 4) is 0 Å². The first kappa shape index (κ1) is 47.8. The number of hydrogen-bond donors (Lipinski definition) is 11. The Morgan fingerprint density at radius 3 is 2.62 bits per heavy atom. The molecule has 4 aliphatic heterocycles. The van der Waals surface area contributed by atoms with Gasteiger partial charge in [0.05, 0.1) is 54.9 Å². The lowest BCUT2D eigenvalue weighted by Crippen LogP contribution is -2.69. The molecule has 12 N–H and O–H groups in total. The highest BCUT2D eigenvalue weighted by atomic mass is 33.1. The fourth-order valence-electron chi connectivity index (χ4n) is 7.50. The van der Waals surface area contributed by atoms with Crippen molar-refractivity contribution in [1.29, 1.82) is 0 Å². The number of guanidine groups is 1. The minimum absolute atomic E-state index is 0.0475. The molecule has 1 aliphatic carbocycles. The highest BCUT2D eigenvalue weighted by Crippen LogP contribution is 2.41. The van der Waals surface area contributed by atoms with Crippen LogP contribution in [0.3, 0.4) is 0 Å². The number of allylic oxidation sites excluding steroid dienone is 1. The SMILES string of the molecule is C=C[C@H]1[C@H](O[C@@H]2O[C@H](CO)[C@@H](O)C(O)(O)[C@H]2O[C@H](CO)NC)OC=C2C(=O)O[C@H]3CCC[C@H]3CSSC[C@@H](CO)N3C=C(C(=O)O)C(NC(N)=NCCCO)=C(/C=C/[C@H]21)C3. The van der Waals surface area contributed by atoms with Gasteiger partial charge in [-0.3, -0.25) is 10.3 Å². The average Bonchev–Trinajstić information content (AvgIpc) is 3.67. The van der Waals surface area contributed by atoms with Gasteiger partial charge in [0.25, 0.3) is 0 Å². The number of nitrogens with two attached hydrogens (primary N) is 1. The molecule has 4 heterocycles. The molecular weight excluding hydrogens is 831 g/mol. The Balaban J connectivity index is 1.60. The van der Waals surface area contributed by atoms with E-state index in [2.05, 4.69) is 22.2 Å². The summed E-state index contributed by atoms with van der Waals surface area (Å²) in [5.74, 6) is -5.96. The number of nitrogens with zero attached hydrogens (tertiary/aromatic N) is 2. The van der Waals surface area contributed by atoms with Crippen LogP contribution in [0, 0.1) is 17.8 Å². The number of nitrogens with one attached hydrogen (secondary N) is 2. The fourth-order valence-corrected chi connectivity index (χ4v) is 10.3. The molecule has 1 saturated heterocycles. The number of fused-ring (bicyclic) bond motifs is 4.